The topological polar surface area (TPSA) is 22.1 Å². The highest BCUT2D eigenvalue weighted by Gasteiger charge is 2.44. The maximum atomic E-state index is 13.5. The number of pyridine rings is 1. The summed E-state index contributed by atoms with van der Waals surface area (Å²) >= 11 is 0.573. The van der Waals surface area contributed by atoms with E-state index in [9.17, 15) is 26.3 Å². The standard InChI is InChI=1S/C20H13F6NOS/c21-19(22,23)14-6-3-9-17(18(14)20(24,25)26)29-16-8-2-1-7-15(16)28-12-13-5-4-10-27-11-13/h1-11H,12H2. The first kappa shape index (κ1) is 21.0. The van der Waals surface area contributed by atoms with Gasteiger partial charge in [-0.1, -0.05) is 36.0 Å². The molecule has 2 nitrogen and oxygen atoms in total. The third-order valence-corrected chi connectivity index (χ3v) is 4.92. The van der Waals surface area contributed by atoms with E-state index in [1.807, 2.05) is 0 Å². The highest BCUT2D eigenvalue weighted by Crippen LogP contribution is 2.47. The molecule has 0 unspecified atom stereocenters. The first-order valence-corrected chi connectivity index (χ1v) is 9.04. The van der Waals surface area contributed by atoms with Crippen LogP contribution in [0.2, 0.25) is 0 Å². The fraction of sp³-hybridized carbons (Fsp3) is 0.150. The number of para-hydroxylation sites is 1. The lowest BCUT2D eigenvalue weighted by atomic mass is 10.1. The zero-order valence-electron chi connectivity index (χ0n) is 14.6. The lowest BCUT2D eigenvalue weighted by molar-refractivity contribution is -0.163. The maximum Gasteiger partial charge on any atom is 0.418 e. The summed E-state index contributed by atoms with van der Waals surface area (Å²) in [6.45, 7) is 0.111. The molecule has 0 saturated carbocycles. The van der Waals surface area contributed by atoms with Crippen LogP contribution in [0.3, 0.4) is 0 Å². The maximum absolute atomic E-state index is 13.5. The van der Waals surface area contributed by atoms with Crippen molar-refractivity contribution in [3.8, 4) is 5.75 Å². The number of aromatic nitrogens is 1. The Labute approximate surface area is 166 Å². The van der Waals surface area contributed by atoms with Gasteiger partial charge < -0.3 is 4.74 Å². The molecule has 29 heavy (non-hydrogen) atoms. The van der Waals surface area contributed by atoms with Crippen molar-refractivity contribution in [1.82, 2.24) is 4.98 Å². The first-order valence-electron chi connectivity index (χ1n) is 8.22. The number of hydrogen-bond acceptors (Lipinski definition) is 3. The molecule has 1 aromatic heterocycles. The van der Waals surface area contributed by atoms with E-state index in [4.69, 9.17) is 4.74 Å². The Bertz CT molecular complexity index is 973. The van der Waals surface area contributed by atoms with Gasteiger partial charge in [-0.05, 0) is 30.3 Å². The van der Waals surface area contributed by atoms with Gasteiger partial charge in [-0.3, -0.25) is 4.98 Å². The number of alkyl halides is 6. The van der Waals surface area contributed by atoms with E-state index in [-0.39, 0.29) is 17.3 Å². The second-order valence-electron chi connectivity index (χ2n) is 5.87. The quantitative estimate of drug-likeness (QED) is 0.414. The average molecular weight is 429 g/mol. The number of halogens is 6. The zero-order valence-corrected chi connectivity index (χ0v) is 15.4. The van der Waals surface area contributed by atoms with Crippen LogP contribution in [0.5, 0.6) is 5.75 Å². The van der Waals surface area contributed by atoms with Crippen molar-refractivity contribution in [2.75, 3.05) is 0 Å². The Morgan fingerprint density at radius 3 is 2.17 bits per heavy atom. The van der Waals surface area contributed by atoms with Crippen molar-refractivity contribution in [3.05, 3.63) is 83.7 Å². The first-order chi connectivity index (χ1) is 13.7. The van der Waals surface area contributed by atoms with Gasteiger partial charge in [-0.2, -0.15) is 26.3 Å². The molecule has 0 aliphatic rings. The van der Waals surface area contributed by atoms with Crippen molar-refractivity contribution in [3.63, 3.8) is 0 Å². The molecule has 0 saturated heterocycles. The fourth-order valence-corrected chi connectivity index (χ4v) is 3.65. The molecule has 1 heterocycles. The van der Waals surface area contributed by atoms with Crippen molar-refractivity contribution >= 4 is 11.8 Å². The van der Waals surface area contributed by atoms with Gasteiger partial charge in [0.05, 0.1) is 16.0 Å². The molecule has 0 aliphatic heterocycles. The summed E-state index contributed by atoms with van der Waals surface area (Å²) in [7, 11) is 0. The Morgan fingerprint density at radius 2 is 1.52 bits per heavy atom. The molecule has 0 atom stereocenters. The molecule has 3 aromatic rings. The molecule has 0 amide bonds. The van der Waals surface area contributed by atoms with E-state index < -0.39 is 28.4 Å². The fourth-order valence-electron chi connectivity index (χ4n) is 2.56. The normalized spacial score (nSPS) is 12.1. The Balaban J connectivity index is 1.95. The Morgan fingerprint density at radius 1 is 0.793 bits per heavy atom. The van der Waals surface area contributed by atoms with Crippen LogP contribution in [-0.4, -0.2) is 4.98 Å². The summed E-state index contributed by atoms with van der Waals surface area (Å²) in [5.41, 5.74) is -2.69. The monoisotopic (exact) mass is 429 g/mol. The van der Waals surface area contributed by atoms with Crippen LogP contribution in [0.1, 0.15) is 16.7 Å². The van der Waals surface area contributed by atoms with Gasteiger partial charge in [-0.25, -0.2) is 0 Å². The summed E-state index contributed by atoms with van der Waals surface area (Å²) in [6, 6.07) is 12.1. The molecule has 0 bridgehead atoms. The summed E-state index contributed by atoms with van der Waals surface area (Å²) in [4.78, 5) is 3.66. The van der Waals surface area contributed by atoms with Gasteiger partial charge in [0.25, 0.3) is 0 Å². The average Bonchev–Trinajstić information content (AvgIpc) is 2.66. The van der Waals surface area contributed by atoms with Gasteiger partial charge in [0.15, 0.2) is 0 Å². The summed E-state index contributed by atoms with van der Waals surface area (Å²) < 4.78 is 85.5. The number of ether oxygens (including phenoxy) is 1. The minimum atomic E-state index is -5.17. The molecular formula is C20H13F6NOS. The highest BCUT2D eigenvalue weighted by molar-refractivity contribution is 7.99. The van der Waals surface area contributed by atoms with Gasteiger partial charge in [0.2, 0.25) is 0 Å². The van der Waals surface area contributed by atoms with E-state index in [1.54, 1.807) is 42.7 Å². The molecule has 0 fully saturated rings. The molecular weight excluding hydrogens is 416 g/mol. The van der Waals surface area contributed by atoms with Crippen LogP contribution in [0.15, 0.2) is 76.8 Å². The van der Waals surface area contributed by atoms with E-state index in [0.717, 1.165) is 17.7 Å². The van der Waals surface area contributed by atoms with Gasteiger partial charge in [-0.15, -0.1) is 0 Å². The van der Waals surface area contributed by atoms with E-state index in [0.29, 0.717) is 17.8 Å². The predicted molar refractivity (Wildman–Crippen MR) is 95.6 cm³/mol. The summed E-state index contributed by atoms with van der Waals surface area (Å²) in [6.07, 6.45) is -7.14. The zero-order chi connectivity index (χ0) is 21.1. The number of hydrogen-bond donors (Lipinski definition) is 0. The lowest BCUT2D eigenvalue weighted by Crippen LogP contribution is -2.17. The second-order valence-corrected chi connectivity index (χ2v) is 6.96. The van der Waals surface area contributed by atoms with E-state index >= 15 is 0 Å². The van der Waals surface area contributed by atoms with Gasteiger partial charge in [0.1, 0.15) is 12.4 Å². The van der Waals surface area contributed by atoms with Crippen LogP contribution < -0.4 is 4.74 Å². The lowest BCUT2D eigenvalue weighted by Gasteiger charge is -2.19. The molecule has 3 rings (SSSR count). The van der Waals surface area contributed by atoms with Gasteiger partial charge in [0, 0.05) is 22.9 Å². The third-order valence-electron chi connectivity index (χ3n) is 3.80. The Kier molecular flexibility index (Phi) is 6.07. The van der Waals surface area contributed by atoms with Crippen LogP contribution in [-0.2, 0) is 19.0 Å². The van der Waals surface area contributed by atoms with Crippen molar-refractivity contribution < 1.29 is 31.1 Å². The van der Waals surface area contributed by atoms with Crippen molar-refractivity contribution in [2.24, 2.45) is 0 Å². The number of nitrogens with zero attached hydrogens (tertiary/aromatic N) is 1. The minimum absolute atomic E-state index is 0.111. The van der Waals surface area contributed by atoms with Crippen molar-refractivity contribution in [2.45, 2.75) is 28.8 Å². The predicted octanol–water partition coefficient (Wildman–Crippen LogP) is 6.85. The van der Waals surface area contributed by atoms with Crippen LogP contribution in [0.25, 0.3) is 0 Å². The molecule has 152 valence electrons. The largest absolute Gasteiger partial charge is 0.488 e. The number of benzene rings is 2. The van der Waals surface area contributed by atoms with Crippen LogP contribution in [0, 0.1) is 0 Å². The Hall–Kier alpha value is -2.68. The molecule has 0 N–H and O–H groups in total. The third kappa shape index (κ3) is 5.23. The number of rotatable bonds is 5. The van der Waals surface area contributed by atoms with Crippen molar-refractivity contribution in [1.29, 1.82) is 0 Å². The second kappa shape index (κ2) is 8.36. The molecule has 9 heteroatoms. The van der Waals surface area contributed by atoms with Crippen LogP contribution >= 0.6 is 11.8 Å². The summed E-state index contributed by atoms with van der Waals surface area (Å²) in [5.74, 6) is 0.256. The smallest absolute Gasteiger partial charge is 0.418 e. The SMILES string of the molecule is FC(F)(F)c1cccc(Sc2ccccc2OCc2cccnc2)c1C(F)(F)F. The minimum Gasteiger partial charge on any atom is -0.488 e. The summed E-state index contributed by atoms with van der Waals surface area (Å²) in [5, 5.41) is 0. The highest BCUT2D eigenvalue weighted by atomic mass is 32.2. The molecule has 0 radical (unpaired) electrons. The van der Waals surface area contributed by atoms with Gasteiger partial charge >= 0.3 is 12.4 Å². The molecule has 0 spiro atoms. The van der Waals surface area contributed by atoms with E-state index in [1.165, 1.54) is 6.07 Å². The molecule has 2 aromatic carbocycles. The van der Waals surface area contributed by atoms with E-state index in [2.05, 4.69) is 4.98 Å². The molecule has 0 aliphatic carbocycles. The van der Waals surface area contributed by atoms with Crippen LogP contribution in [0.4, 0.5) is 26.3 Å².